The van der Waals surface area contributed by atoms with Gasteiger partial charge in [-0.05, 0) is 49.7 Å². The standard InChI is InChI=1S/C20H20N4O/c1-12-13(2)22-16-8-7-14(11-15(12)16)20(25)21-10-9-19-23-17-5-3-4-6-18(17)24-19/h3-8,11,22H,9-10H2,1-2H3,(H,21,25)(H,23,24). The molecule has 25 heavy (non-hydrogen) atoms. The number of carbonyl (C=O) groups excluding carboxylic acids is 1. The summed E-state index contributed by atoms with van der Waals surface area (Å²) in [5, 5.41) is 4.07. The molecule has 2 aromatic carbocycles. The third kappa shape index (κ3) is 2.89. The van der Waals surface area contributed by atoms with Crippen LogP contribution in [0.4, 0.5) is 0 Å². The van der Waals surface area contributed by atoms with Crippen molar-refractivity contribution in [2.75, 3.05) is 6.54 Å². The lowest BCUT2D eigenvalue weighted by molar-refractivity contribution is 0.0954. The quantitative estimate of drug-likeness (QED) is 0.534. The van der Waals surface area contributed by atoms with E-state index in [0.717, 1.165) is 33.5 Å². The number of aryl methyl sites for hydroxylation is 2. The third-order valence-electron chi connectivity index (χ3n) is 4.66. The van der Waals surface area contributed by atoms with E-state index in [1.54, 1.807) is 0 Å². The van der Waals surface area contributed by atoms with Crippen LogP contribution in [0.2, 0.25) is 0 Å². The van der Waals surface area contributed by atoms with E-state index >= 15 is 0 Å². The van der Waals surface area contributed by atoms with Crippen molar-refractivity contribution in [1.82, 2.24) is 20.3 Å². The van der Waals surface area contributed by atoms with E-state index < -0.39 is 0 Å². The molecule has 2 heterocycles. The second-order valence-corrected chi connectivity index (χ2v) is 6.34. The highest BCUT2D eigenvalue weighted by Gasteiger charge is 2.10. The van der Waals surface area contributed by atoms with Gasteiger partial charge in [0.15, 0.2) is 0 Å². The molecule has 0 aliphatic heterocycles. The Balaban J connectivity index is 1.44. The largest absolute Gasteiger partial charge is 0.358 e. The molecule has 1 amide bonds. The molecule has 0 aliphatic rings. The molecule has 2 aromatic heterocycles. The molecule has 4 rings (SSSR count). The zero-order valence-corrected chi connectivity index (χ0v) is 14.3. The maximum atomic E-state index is 12.4. The van der Waals surface area contributed by atoms with Crippen LogP contribution in [0, 0.1) is 13.8 Å². The van der Waals surface area contributed by atoms with Crippen LogP contribution in [0.15, 0.2) is 42.5 Å². The van der Waals surface area contributed by atoms with Crippen LogP contribution < -0.4 is 5.32 Å². The molecule has 3 N–H and O–H groups in total. The van der Waals surface area contributed by atoms with Crippen molar-refractivity contribution in [3.8, 4) is 0 Å². The van der Waals surface area contributed by atoms with E-state index in [2.05, 4.69) is 27.2 Å². The highest BCUT2D eigenvalue weighted by atomic mass is 16.1. The summed E-state index contributed by atoms with van der Waals surface area (Å²) in [6.07, 6.45) is 0.672. The van der Waals surface area contributed by atoms with Crippen LogP contribution in [-0.4, -0.2) is 27.4 Å². The Hall–Kier alpha value is -3.08. The number of nitrogens with one attached hydrogen (secondary N) is 3. The van der Waals surface area contributed by atoms with Gasteiger partial charge in [0, 0.05) is 35.1 Å². The summed E-state index contributed by atoms with van der Waals surface area (Å²) in [4.78, 5) is 23.5. The lowest BCUT2D eigenvalue weighted by atomic mass is 10.1. The summed E-state index contributed by atoms with van der Waals surface area (Å²) in [5.74, 6) is 0.824. The predicted octanol–water partition coefficient (Wildman–Crippen LogP) is 3.63. The molecule has 0 unspecified atom stereocenters. The minimum atomic E-state index is -0.0590. The first-order chi connectivity index (χ1) is 12.1. The first kappa shape index (κ1) is 15.4. The summed E-state index contributed by atoms with van der Waals surface area (Å²) in [5.41, 5.74) is 6.04. The average Bonchev–Trinajstić information content (AvgIpc) is 3.15. The number of fused-ring (bicyclic) bond motifs is 2. The Morgan fingerprint density at radius 2 is 1.92 bits per heavy atom. The summed E-state index contributed by atoms with van der Waals surface area (Å²) in [7, 11) is 0. The average molecular weight is 332 g/mol. The van der Waals surface area contributed by atoms with Crippen molar-refractivity contribution < 1.29 is 4.79 Å². The molecule has 4 aromatic rings. The van der Waals surface area contributed by atoms with Crippen molar-refractivity contribution >= 4 is 27.8 Å². The van der Waals surface area contributed by atoms with Gasteiger partial charge in [-0.2, -0.15) is 0 Å². The van der Waals surface area contributed by atoms with Gasteiger partial charge >= 0.3 is 0 Å². The number of benzene rings is 2. The van der Waals surface area contributed by atoms with Gasteiger partial charge in [-0.15, -0.1) is 0 Å². The lowest BCUT2D eigenvalue weighted by Crippen LogP contribution is -2.25. The maximum absolute atomic E-state index is 12.4. The van der Waals surface area contributed by atoms with Gasteiger partial charge in [-0.25, -0.2) is 4.98 Å². The van der Waals surface area contributed by atoms with E-state index in [0.29, 0.717) is 18.5 Å². The monoisotopic (exact) mass is 332 g/mol. The van der Waals surface area contributed by atoms with Crippen LogP contribution >= 0.6 is 0 Å². The smallest absolute Gasteiger partial charge is 0.251 e. The summed E-state index contributed by atoms with van der Waals surface area (Å²) < 4.78 is 0. The van der Waals surface area contributed by atoms with Gasteiger partial charge in [0.1, 0.15) is 5.82 Å². The number of imidazole rings is 1. The Bertz CT molecular complexity index is 1040. The lowest BCUT2D eigenvalue weighted by Gasteiger charge is -2.04. The summed E-state index contributed by atoms with van der Waals surface area (Å²) >= 11 is 0. The number of aromatic nitrogens is 3. The first-order valence-electron chi connectivity index (χ1n) is 8.42. The number of carbonyl (C=O) groups is 1. The Labute approximate surface area is 145 Å². The van der Waals surface area contributed by atoms with Gasteiger partial charge in [0.05, 0.1) is 11.0 Å². The molecule has 0 saturated carbocycles. The predicted molar refractivity (Wildman–Crippen MR) is 99.9 cm³/mol. The van der Waals surface area contributed by atoms with E-state index in [4.69, 9.17) is 0 Å². The highest BCUT2D eigenvalue weighted by molar-refractivity contribution is 5.99. The van der Waals surface area contributed by atoms with Crippen LogP contribution in [0.25, 0.3) is 21.9 Å². The third-order valence-corrected chi connectivity index (χ3v) is 4.66. The molecule has 5 nitrogen and oxygen atoms in total. The number of hydrogen-bond acceptors (Lipinski definition) is 2. The molecule has 0 aliphatic carbocycles. The number of H-pyrrole nitrogens is 2. The molecular weight excluding hydrogens is 312 g/mol. The summed E-state index contributed by atoms with van der Waals surface area (Å²) in [6, 6.07) is 13.7. The van der Waals surface area contributed by atoms with Gasteiger partial charge < -0.3 is 15.3 Å². The van der Waals surface area contributed by atoms with Crippen molar-refractivity contribution in [3.05, 3.63) is 65.1 Å². The van der Waals surface area contributed by atoms with E-state index in [1.165, 1.54) is 5.56 Å². The van der Waals surface area contributed by atoms with Gasteiger partial charge in [0.25, 0.3) is 5.91 Å². The Morgan fingerprint density at radius 3 is 2.76 bits per heavy atom. The van der Waals surface area contributed by atoms with Gasteiger partial charge in [-0.3, -0.25) is 4.79 Å². The normalized spacial score (nSPS) is 11.3. The van der Waals surface area contributed by atoms with Crippen molar-refractivity contribution in [2.24, 2.45) is 0 Å². The number of amides is 1. The highest BCUT2D eigenvalue weighted by Crippen LogP contribution is 2.22. The van der Waals surface area contributed by atoms with Crippen molar-refractivity contribution in [3.63, 3.8) is 0 Å². The fraction of sp³-hybridized carbons (Fsp3) is 0.200. The zero-order valence-electron chi connectivity index (χ0n) is 14.3. The fourth-order valence-electron chi connectivity index (χ4n) is 3.12. The number of para-hydroxylation sites is 2. The molecule has 5 heteroatoms. The Morgan fingerprint density at radius 1 is 1.08 bits per heavy atom. The molecule has 0 spiro atoms. The fourth-order valence-corrected chi connectivity index (χ4v) is 3.12. The minimum Gasteiger partial charge on any atom is -0.358 e. The molecule has 0 bridgehead atoms. The van der Waals surface area contributed by atoms with Gasteiger partial charge in [0.2, 0.25) is 0 Å². The molecule has 0 atom stereocenters. The molecule has 126 valence electrons. The van der Waals surface area contributed by atoms with Crippen LogP contribution in [-0.2, 0) is 6.42 Å². The molecule has 0 radical (unpaired) electrons. The van der Waals surface area contributed by atoms with Crippen LogP contribution in [0.3, 0.4) is 0 Å². The SMILES string of the molecule is Cc1[nH]c2ccc(C(=O)NCCc3nc4ccccc4[nH]3)cc2c1C. The number of aromatic amines is 2. The maximum Gasteiger partial charge on any atom is 0.251 e. The van der Waals surface area contributed by atoms with E-state index in [-0.39, 0.29) is 5.91 Å². The van der Waals surface area contributed by atoms with Crippen molar-refractivity contribution in [2.45, 2.75) is 20.3 Å². The second-order valence-electron chi connectivity index (χ2n) is 6.34. The minimum absolute atomic E-state index is 0.0590. The van der Waals surface area contributed by atoms with E-state index in [1.807, 2.05) is 49.4 Å². The molecular formula is C20H20N4O. The zero-order chi connectivity index (χ0) is 17.4. The van der Waals surface area contributed by atoms with E-state index in [9.17, 15) is 4.79 Å². The topological polar surface area (TPSA) is 73.6 Å². The molecule has 0 saturated heterocycles. The first-order valence-corrected chi connectivity index (χ1v) is 8.42. The van der Waals surface area contributed by atoms with Crippen LogP contribution in [0.5, 0.6) is 0 Å². The molecule has 0 fully saturated rings. The number of nitrogens with zero attached hydrogens (tertiary/aromatic N) is 1. The number of hydrogen-bond donors (Lipinski definition) is 3. The Kier molecular flexibility index (Phi) is 3.76. The summed E-state index contributed by atoms with van der Waals surface area (Å²) in [6.45, 7) is 4.65. The van der Waals surface area contributed by atoms with Crippen molar-refractivity contribution in [1.29, 1.82) is 0 Å². The second kappa shape index (κ2) is 6.09. The van der Waals surface area contributed by atoms with Crippen LogP contribution in [0.1, 0.15) is 27.4 Å². The van der Waals surface area contributed by atoms with Gasteiger partial charge in [-0.1, -0.05) is 12.1 Å². The number of rotatable bonds is 4.